The summed E-state index contributed by atoms with van der Waals surface area (Å²) in [4.78, 5) is 23.3. The quantitative estimate of drug-likeness (QED) is 0.468. The molecule has 1 aromatic heterocycles. The van der Waals surface area contributed by atoms with Crippen molar-refractivity contribution in [1.82, 2.24) is 20.3 Å². The van der Waals surface area contributed by atoms with Gasteiger partial charge in [-0.2, -0.15) is 0 Å². The van der Waals surface area contributed by atoms with E-state index in [2.05, 4.69) is 20.4 Å². The number of aliphatic carboxylic acids is 1. The lowest BCUT2D eigenvalue weighted by Gasteiger charge is -2.24. The second kappa shape index (κ2) is 10.9. The van der Waals surface area contributed by atoms with E-state index < -0.39 is 17.7 Å². The molecule has 34 heavy (non-hydrogen) atoms. The zero-order valence-corrected chi connectivity index (χ0v) is 19.8. The molecule has 2 aromatic rings. The number of hydrogen-bond donors (Lipinski definition) is 2. The number of rotatable bonds is 12. The van der Waals surface area contributed by atoms with E-state index in [1.807, 2.05) is 13.8 Å². The lowest BCUT2D eigenvalue weighted by atomic mass is 9.87. The number of nitrogens with zero attached hydrogens (tertiary/aromatic N) is 3. The Labute approximate surface area is 196 Å². The molecule has 11 heteroatoms. The highest BCUT2D eigenvalue weighted by Gasteiger charge is 2.31. The number of carboxylic acids is 1. The summed E-state index contributed by atoms with van der Waals surface area (Å²) in [6, 6.07) is 5.67. The van der Waals surface area contributed by atoms with Gasteiger partial charge in [0.15, 0.2) is 0 Å². The van der Waals surface area contributed by atoms with Gasteiger partial charge >= 0.3 is 12.3 Å². The second-order valence-electron chi connectivity index (χ2n) is 9.76. The SMILES string of the molecule is CC(C)(CNC(=O)CCCC(C)(C)C(=O)O)Cc1cn(Cc2cccc(OC(F)(F)F)c2)nn1. The van der Waals surface area contributed by atoms with Crippen LogP contribution >= 0.6 is 0 Å². The average molecular weight is 485 g/mol. The van der Waals surface area contributed by atoms with Crippen LogP contribution in [0.3, 0.4) is 0 Å². The van der Waals surface area contributed by atoms with Crippen LogP contribution in [0.1, 0.15) is 58.2 Å². The molecule has 0 radical (unpaired) electrons. The van der Waals surface area contributed by atoms with Crippen LogP contribution < -0.4 is 10.1 Å². The van der Waals surface area contributed by atoms with E-state index in [1.165, 1.54) is 22.9 Å². The van der Waals surface area contributed by atoms with E-state index in [9.17, 15) is 22.8 Å². The Balaban J connectivity index is 1.84. The van der Waals surface area contributed by atoms with Gasteiger partial charge in [0.05, 0.1) is 17.7 Å². The molecule has 8 nitrogen and oxygen atoms in total. The van der Waals surface area contributed by atoms with Gasteiger partial charge in [0.25, 0.3) is 0 Å². The molecule has 1 aromatic carbocycles. The van der Waals surface area contributed by atoms with Crippen LogP contribution in [-0.2, 0) is 22.6 Å². The summed E-state index contributed by atoms with van der Waals surface area (Å²) >= 11 is 0. The van der Waals surface area contributed by atoms with E-state index >= 15 is 0 Å². The Kier molecular flexibility index (Phi) is 8.68. The lowest BCUT2D eigenvalue weighted by Crippen LogP contribution is -2.35. The summed E-state index contributed by atoms with van der Waals surface area (Å²) in [5.41, 5.74) is 0.0796. The fourth-order valence-electron chi connectivity index (χ4n) is 3.30. The van der Waals surface area contributed by atoms with Crippen molar-refractivity contribution >= 4 is 11.9 Å². The Bertz CT molecular complexity index is 987. The topological polar surface area (TPSA) is 106 Å². The molecule has 1 amide bonds. The summed E-state index contributed by atoms with van der Waals surface area (Å²) < 4.78 is 42.7. The summed E-state index contributed by atoms with van der Waals surface area (Å²) in [5, 5.41) is 20.2. The van der Waals surface area contributed by atoms with E-state index in [1.54, 1.807) is 26.1 Å². The Morgan fingerprint density at radius 3 is 2.53 bits per heavy atom. The zero-order chi connectivity index (χ0) is 25.6. The van der Waals surface area contributed by atoms with Crippen molar-refractivity contribution in [1.29, 1.82) is 0 Å². The van der Waals surface area contributed by atoms with E-state index in [0.29, 0.717) is 37.1 Å². The number of aromatic nitrogens is 3. The minimum Gasteiger partial charge on any atom is -0.481 e. The highest BCUT2D eigenvalue weighted by Crippen LogP contribution is 2.25. The number of carbonyl (C=O) groups excluding carboxylic acids is 1. The number of halogens is 3. The van der Waals surface area contributed by atoms with Crippen molar-refractivity contribution in [3.8, 4) is 5.75 Å². The molecule has 0 aliphatic rings. The molecule has 0 spiro atoms. The number of carbonyl (C=O) groups is 2. The normalized spacial score (nSPS) is 12.4. The third-order valence-corrected chi connectivity index (χ3v) is 5.27. The molecule has 0 saturated heterocycles. The first kappa shape index (κ1) is 27.1. The Hall–Kier alpha value is -3.11. The van der Waals surface area contributed by atoms with Gasteiger partial charge < -0.3 is 15.2 Å². The third kappa shape index (κ3) is 9.40. The largest absolute Gasteiger partial charge is 0.573 e. The molecule has 0 atom stereocenters. The maximum Gasteiger partial charge on any atom is 0.573 e. The van der Waals surface area contributed by atoms with Crippen LogP contribution in [0.4, 0.5) is 13.2 Å². The maximum absolute atomic E-state index is 12.4. The summed E-state index contributed by atoms with van der Waals surface area (Å²) in [6.07, 6.45) is -1.37. The van der Waals surface area contributed by atoms with Crippen molar-refractivity contribution in [3.63, 3.8) is 0 Å². The highest BCUT2D eigenvalue weighted by molar-refractivity contribution is 5.76. The zero-order valence-electron chi connectivity index (χ0n) is 19.8. The van der Waals surface area contributed by atoms with Gasteiger partial charge in [-0.3, -0.25) is 9.59 Å². The van der Waals surface area contributed by atoms with Crippen LogP contribution in [0.2, 0.25) is 0 Å². The number of carboxylic acid groups (broad SMARTS) is 1. The average Bonchev–Trinajstić information content (AvgIpc) is 3.11. The van der Waals surface area contributed by atoms with Crippen LogP contribution in [-0.4, -0.2) is 44.9 Å². The van der Waals surface area contributed by atoms with Gasteiger partial charge in [0, 0.05) is 19.2 Å². The van der Waals surface area contributed by atoms with Gasteiger partial charge in [-0.15, -0.1) is 18.3 Å². The monoisotopic (exact) mass is 484 g/mol. The standard InChI is InChI=1S/C23H31F3N4O4/c1-21(2,15-27-19(31)9-6-10-22(3,4)20(32)33)12-17-14-30(29-28-17)13-16-7-5-8-18(11-16)34-23(24,25)26/h5,7-8,11,14H,6,9-10,12-13,15H2,1-4H3,(H,27,31)(H,32,33). The number of benzene rings is 1. The first-order valence-corrected chi connectivity index (χ1v) is 10.9. The van der Waals surface area contributed by atoms with Crippen LogP contribution in [0.5, 0.6) is 5.75 Å². The highest BCUT2D eigenvalue weighted by atomic mass is 19.4. The smallest absolute Gasteiger partial charge is 0.481 e. The van der Waals surface area contributed by atoms with Crippen molar-refractivity contribution in [3.05, 3.63) is 41.7 Å². The molecule has 0 bridgehead atoms. The van der Waals surface area contributed by atoms with Crippen LogP contribution in [0.25, 0.3) is 0 Å². The van der Waals surface area contributed by atoms with E-state index in [4.69, 9.17) is 5.11 Å². The number of hydrogen-bond acceptors (Lipinski definition) is 5. The first-order valence-electron chi connectivity index (χ1n) is 10.9. The Morgan fingerprint density at radius 2 is 1.88 bits per heavy atom. The molecule has 2 N–H and O–H groups in total. The number of ether oxygens (including phenoxy) is 1. The van der Waals surface area contributed by atoms with Crippen molar-refractivity contribution in [2.75, 3.05) is 6.54 Å². The minimum absolute atomic E-state index is 0.140. The van der Waals surface area contributed by atoms with Gasteiger partial charge in [0.2, 0.25) is 5.91 Å². The third-order valence-electron chi connectivity index (χ3n) is 5.27. The van der Waals surface area contributed by atoms with Crippen LogP contribution in [0, 0.1) is 10.8 Å². The van der Waals surface area contributed by atoms with Crippen molar-refractivity contribution < 1.29 is 32.6 Å². The predicted octanol–water partition coefficient (Wildman–Crippen LogP) is 4.19. The number of alkyl halides is 3. The fraction of sp³-hybridized carbons (Fsp3) is 0.565. The molecule has 0 unspecified atom stereocenters. The maximum atomic E-state index is 12.4. The molecule has 188 valence electrons. The van der Waals surface area contributed by atoms with E-state index in [0.717, 1.165) is 0 Å². The van der Waals surface area contributed by atoms with Gasteiger partial charge in [0.1, 0.15) is 5.75 Å². The first-order chi connectivity index (χ1) is 15.7. The van der Waals surface area contributed by atoms with Gasteiger partial charge in [-0.05, 0) is 56.2 Å². The minimum atomic E-state index is -4.75. The molecule has 2 rings (SSSR count). The molecule has 0 fully saturated rings. The Morgan fingerprint density at radius 1 is 1.18 bits per heavy atom. The predicted molar refractivity (Wildman–Crippen MR) is 118 cm³/mol. The van der Waals surface area contributed by atoms with Gasteiger partial charge in [-0.1, -0.05) is 31.2 Å². The van der Waals surface area contributed by atoms with Crippen LogP contribution in [0.15, 0.2) is 30.5 Å². The lowest BCUT2D eigenvalue weighted by molar-refractivity contribution is -0.274. The molecule has 0 aliphatic heterocycles. The van der Waals surface area contributed by atoms with Crippen molar-refractivity contribution in [2.24, 2.45) is 10.8 Å². The van der Waals surface area contributed by atoms with Gasteiger partial charge in [-0.25, -0.2) is 4.68 Å². The summed E-state index contributed by atoms with van der Waals surface area (Å²) in [7, 11) is 0. The fourth-order valence-corrected chi connectivity index (χ4v) is 3.30. The molecule has 0 aliphatic carbocycles. The molecule has 0 saturated carbocycles. The van der Waals surface area contributed by atoms with Crippen molar-refractivity contribution in [2.45, 2.75) is 66.3 Å². The van der Waals surface area contributed by atoms with E-state index in [-0.39, 0.29) is 30.0 Å². The summed E-state index contributed by atoms with van der Waals surface area (Å²) in [6.45, 7) is 7.84. The number of amides is 1. The number of nitrogens with one attached hydrogen (secondary N) is 1. The molecular formula is C23H31F3N4O4. The molecular weight excluding hydrogens is 453 g/mol. The summed E-state index contributed by atoms with van der Waals surface area (Å²) in [5.74, 6) is -1.32. The molecule has 1 heterocycles. The second-order valence-corrected chi connectivity index (χ2v) is 9.76.